The molecule has 1 aliphatic rings. The lowest BCUT2D eigenvalue weighted by molar-refractivity contribution is -0.120. The Hall–Kier alpha value is -4.35. The van der Waals surface area contributed by atoms with Gasteiger partial charge < -0.3 is 24.8 Å². The molecule has 8 nitrogen and oxygen atoms in total. The van der Waals surface area contributed by atoms with Gasteiger partial charge in [0.05, 0.1) is 5.69 Å². The van der Waals surface area contributed by atoms with E-state index >= 15 is 0 Å². The number of hydrogen-bond donors (Lipinski definition) is 2. The molecule has 178 valence electrons. The molecule has 0 bridgehead atoms. The first-order valence-corrected chi connectivity index (χ1v) is 11.0. The average molecular weight is 472 g/mol. The third-order valence-electron chi connectivity index (χ3n) is 5.12. The number of aromatic nitrogens is 1. The van der Waals surface area contributed by atoms with Crippen LogP contribution in [0.25, 0.3) is 0 Å². The molecule has 3 aromatic rings. The fourth-order valence-corrected chi connectivity index (χ4v) is 3.37. The van der Waals surface area contributed by atoms with Gasteiger partial charge in [-0.15, -0.1) is 0 Å². The number of benzene rings is 2. The summed E-state index contributed by atoms with van der Waals surface area (Å²) in [6.45, 7) is 3.13. The molecular formula is C27H25N3O5. The number of carbonyl (C=O) groups is 2. The van der Waals surface area contributed by atoms with E-state index in [0.717, 1.165) is 0 Å². The largest absolute Gasteiger partial charge is 0.489 e. The third-order valence-corrected chi connectivity index (χ3v) is 5.12. The maximum atomic E-state index is 13.1. The van der Waals surface area contributed by atoms with Crippen molar-refractivity contribution >= 4 is 17.5 Å². The summed E-state index contributed by atoms with van der Waals surface area (Å²) < 4.78 is 11.6. The minimum atomic E-state index is -1.13. The first-order chi connectivity index (χ1) is 16.7. The monoisotopic (exact) mass is 471 g/mol. The summed E-state index contributed by atoms with van der Waals surface area (Å²) in [4.78, 5) is 31.5. The lowest BCUT2D eigenvalue weighted by atomic mass is 10.1. The van der Waals surface area contributed by atoms with Crippen LogP contribution in [0.15, 0.2) is 66.9 Å². The number of pyridine rings is 1. The Morgan fingerprint density at radius 1 is 1.17 bits per heavy atom. The molecule has 0 saturated heterocycles. The molecule has 0 spiro atoms. The van der Waals surface area contributed by atoms with Crippen LogP contribution in [0, 0.1) is 11.8 Å². The molecule has 2 N–H and O–H groups in total. The van der Waals surface area contributed by atoms with Gasteiger partial charge in [0.1, 0.15) is 41.2 Å². The maximum absolute atomic E-state index is 13.1. The minimum Gasteiger partial charge on any atom is -0.489 e. The molecule has 4 rings (SSSR count). The molecule has 2 amide bonds. The van der Waals surface area contributed by atoms with E-state index < -0.39 is 17.6 Å². The SMILES string of the molecule is CN1C(=O)C(NC(=O)c2cc(Oc3ccccc3)ccn2)COc2cc(C#CC(C)(C)O)ccc21. The molecule has 0 radical (unpaired) electrons. The van der Waals surface area contributed by atoms with Gasteiger partial charge in [-0.25, -0.2) is 0 Å². The highest BCUT2D eigenvalue weighted by Gasteiger charge is 2.31. The number of nitrogens with one attached hydrogen (secondary N) is 1. The van der Waals surface area contributed by atoms with Crippen LogP contribution < -0.4 is 19.7 Å². The quantitative estimate of drug-likeness (QED) is 0.567. The fraction of sp³-hybridized carbons (Fsp3) is 0.222. The van der Waals surface area contributed by atoms with Gasteiger partial charge in [-0.05, 0) is 50.2 Å². The Morgan fingerprint density at radius 2 is 1.94 bits per heavy atom. The summed E-state index contributed by atoms with van der Waals surface area (Å²) >= 11 is 0. The second kappa shape index (κ2) is 9.87. The van der Waals surface area contributed by atoms with Crippen molar-refractivity contribution in [1.29, 1.82) is 0 Å². The van der Waals surface area contributed by atoms with E-state index in [1.54, 1.807) is 57.3 Å². The average Bonchev–Trinajstić information content (AvgIpc) is 2.95. The van der Waals surface area contributed by atoms with Gasteiger partial charge in [-0.2, -0.15) is 0 Å². The number of para-hydroxylation sites is 1. The molecule has 0 saturated carbocycles. The first kappa shape index (κ1) is 23.8. The Labute approximate surface area is 203 Å². The van der Waals surface area contributed by atoms with Gasteiger partial charge >= 0.3 is 0 Å². The Kier molecular flexibility index (Phi) is 6.71. The van der Waals surface area contributed by atoms with Gasteiger partial charge in [0.25, 0.3) is 11.8 Å². The van der Waals surface area contributed by atoms with Crippen LogP contribution in [-0.2, 0) is 4.79 Å². The van der Waals surface area contributed by atoms with Gasteiger partial charge in [-0.3, -0.25) is 14.6 Å². The van der Waals surface area contributed by atoms with E-state index in [1.165, 1.54) is 17.2 Å². The van der Waals surface area contributed by atoms with E-state index in [0.29, 0.717) is 28.5 Å². The van der Waals surface area contributed by atoms with Gasteiger partial charge in [0, 0.05) is 24.9 Å². The van der Waals surface area contributed by atoms with E-state index in [-0.39, 0.29) is 18.2 Å². The van der Waals surface area contributed by atoms with E-state index in [1.807, 2.05) is 18.2 Å². The Bertz CT molecular complexity index is 1310. The molecule has 0 fully saturated rings. The number of anilines is 1. The normalized spacial score (nSPS) is 15.1. The fourth-order valence-electron chi connectivity index (χ4n) is 3.37. The molecule has 2 heterocycles. The third kappa shape index (κ3) is 5.96. The number of ether oxygens (including phenoxy) is 2. The second-order valence-electron chi connectivity index (χ2n) is 8.52. The van der Waals surface area contributed by atoms with Crippen LogP contribution in [-0.4, -0.2) is 47.2 Å². The number of fused-ring (bicyclic) bond motifs is 1. The number of hydrogen-bond acceptors (Lipinski definition) is 6. The molecule has 1 aliphatic heterocycles. The summed E-state index contributed by atoms with van der Waals surface area (Å²) in [5, 5.41) is 12.5. The van der Waals surface area contributed by atoms with E-state index in [4.69, 9.17) is 9.47 Å². The summed E-state index contributed by atoms with van der Waals surface area (Å²) in [7, 11) is 1.61. The number of rotatable bonds is 4. The summed E-state index contributed by atoms with van der Waals surface area (Å²) in [6.07, 6.45) is 1.47. The van der Waals surface area contributed by atoms with Crippen LogP contribution in [0.1, 0.15) is 29.9 Å². The Morgan fingerprint density at radius 3 is 2.69 bits per heavy atom. The van der Waals surface area contributed by atoms with Crippen molar-refractivity contribution in [2.75, 3.05) is 18.6 Å². The lowest BCUT2D eigenvalue weighted by Crippen LogP contribution is -2.49. The number of amides is 2. The van der Waals surface area contributed by atoms with Crippen molar-refractivity contribution in [3.63, 3.8) is 0 Å². The first-order valence-electron chi connectivity index (χ1n) is 11.0. The number of carbonyl (C=O) groups excluding carboxylic acids is 2. The van der Waals surface area contributed by atoms with E-state index in [9.17, 15) is 14.7 Å². The van der Waals surface area contributed by atoms with Crippen molar-refractivity contribution < 1.29 is 24.2 Å². The van der Waals surface area contributed by atoms with Crippen molar-refractivity contribution in [3.05, 3.63) is 78.1 Å². The molecule has 0 aliphatic carbocycles. The number of nitrogens with zero attached hydrogens (tertiary/aromatic N) is 2. The lowest BCUT2D eigenvalue weighted by Gasteiger charge is -2.20. The molecular weight excluding hydrogens is 446 g/mol. The molecule has 35 heavy (non-hydrogen) atoms. The second-order valence-corrected chi connectivity index (χ2v) is 8.52. The van der Waals surface area contributed by atoms with Crippen LogP contribution in [0.4, 0.5) is 5.69 Å². The number of likely N-dealkylation sites (N-methyl/N-ethyl adjacent to an activating group) is 1. The molecule has 1 unspecified atom stereocenters. The predicted octanol–water partition coefficient (Wildman–Crippen LogP) is 3.15. The van der Waals surface area contributed by atoms with E-state index in [2.05, 4.69) is 22.1 Å². The smallest absolute Gasteiger partial charge is 0.270 e. The molecule has 1 atom stereocenters. The molecule has 1 aromatic heterocycles. The molecule has 2 aromatic carbocycles. The van der Waals surface area contributed by atoms with Crippen LogP contribution in [0.2, 0.25) is 0 Å². The van der Waals surface area contributed by atoms with Gasteiger partial charge in [-0.1, -0.05) is 30.0 Å². The standard InChI is InChI=1S/C27H25N3O5/c1-27(2,33)13-11-18-9-10-23-24(15-18)34-17-22(26(32)30(23)3)29-25(31)21-16-20(12-14-28-21)35-19-7-5-4-6-8-19/h4-10,12,14-16,22,33H,17H2,1-3H3,(H,29,31). The minimum absolute atomic E-state index is 0.0650. The van der Waals surface area contributed by atoms with Crippen LogP contribution in [0.5, 0.6) is 17.2 Å². The topological polar surface area (TPSA) is 101 Å². The van der Waals surface area contributed by atoms with Crippen molar-refractivity contribution in [2.45, 2.75) is 25.5 Å². The highest BCUT2D eigenvalue weighted by atomic mass is 16.5. The van der Waals surface area contributed by atoms with Crippen molar-refractivity contribution in [1.82, 2.24) is 10.3 Å². The highest BCUT2D eigenvalue weighted by molar-refractivity contribution is 6.03. The zero-order valence-electron chi connectivity index (χ0n) is 19.6. The Balaban J connectivity index is 1.48. The highest BCUT2D eigenvalue weighted by Crippen LogP contribution is 2.31. The van der Waals surface area contributed by atoms with Crippen LogP contribution >= 0.6 is 0 Å². The van der Waals surface area contributed by atoms with Gasteiger partial charge in [0.2, 0.25) is 0 Å². The summed E-state index contributed by atoms with van der Waals surface area (Å²) in [5.74, 6) is 6.32. The van der Waals surface area contributed by atoms with Crippen molar-refractivity contribution in [3.8, 4) is 29.1 Å². The zero-order valence-corrected chi connectivity index (χ0v) is 19.6. The van der Waals surface area contributed by atoms with Crippen LogP contribution in [0.3, 0.4) is 0 Å². The maximum Gasteiger partial charge on any atom is 0.270 e. The summed E-state index contributed by atoms with van der Waals surface area (Å²) in [6, 6.07) is 16.6. The summed E-state index contributed by atoms with van der Waals surface area (Å²) in [5.41, 5.74) is 0.165. The predicted molar refractivity (Wildman–Crippen MR) is 131 cm³/mol. The zero-order chi connectivity index (χ0) is 25.0. The van der Waals surface area contributed by atoms with Gasteiger partial charge in [0.15, 0.2) is 0 Å². The number of aliphatic hydroxyl groups is 1. The molecule has 8 heteroatoms. The van der Waals surface area contributed by atoms with Crippen molar-refractivity contribution in [2.24, 2.45) is 0 Å².